The van der Waals surface area contributed by atoms with Gasteiger partial charge in [-0.25, -0.2) is 9.78 Å². The molecule has 0 radical (unpaired) electrons. The van der Waals surface area contributed by atoms with Crippen molar-refractivity contribution >= 4 is 34.6 Å². The minimum absolute atomic E-state index is 0.0929. The molecule has 12 heteroatoms. The van der Waals surface area contributed by atoms with Gasteiger partial charge in [0.05, 0.1) is 6.33 Å². The topological polar surface area (TPSA) is 138 Å². The number of carbonyl (C=O) groups is 2. The number of fused-ring (bicyclic) bond motifs is 2. The number of nitrogens with one attached hydrogen (secondary N) is 2. The molecule has 0 bridgehead atoms. The van der Waals surface area contributed by atoms with Crippen LogP contribution in [-0.4, -0.2) is 40.3 Å². The van der Waals surface area contributed by atoms with Crippen molar-refractivity contribution in [2.45, 2.75) is 19.9 Å². The molecular formula is C17H20N8O4. The van der Waals surface area contributed by atoms with Gasteiger partial charge in [0, 0.05) is 32.6 Å². The summed E-state index contributed by atoms with van der Waals surface area (Å²) in [5.74, 6) is 0.184. The van der Waals surface area contributed by atoms with Crippen molar-refractivity contribution in [1.29, 1.82) is 0 Å². The highest BCUT2D eigenvalue weighted by Gasteiger charge is 2.29. The lowest BCUT2D eigenvalue weighted by Crippen LogP contribution is -2.37. The number of hydrogen-bond acceptors (Lipinski definition) is 6. The lowest BCUT2D eigenvalue weighted by atomic mass is 9.98. The van der Waals surface area contributed by atoms with Gasteiger partial charge in [0.1, 0.15) is 12.4 Å². The molecule has 0 spiro atoms. The Labute approximate surface area is 163 Å². The number of imidazole rings is 1. The molecule has 1 atom stereocenters. The highest BCUT2D eigenvalue weighted by atomic mass is 16.2. The number of aryl methyl sites for hydroxylation is 2. The van der Waals surface area contributed by atoms with Crippen LogP contribution in [0.5, 0.6) is 0 Å². The smallest absolute Gasteiger partial charge is 0.315 e. The van der Waals surface area contributed by atoms with Crippen LogP contribution in [0.25, 0.3) is 11.2 Å². The summed E-state index contributed by atoms with van der Waals surface area (Å²) in [5.41, 5.74) is 0.0988. The molecule has 29 heavy (non-hydrogen) atoms. The number of hydrogen-bond donors (Lipinski definition) is 2. The number of amides is 2. The quantitative estimate of drug-likeness (QED) is 0.575. The Kier molecular flexibility index (Phi) is 4.14. The molecule has 152 valence electrons. The molecule has 1 aliphatic rings. The number of rotatable bonds is 3. The van der Waals surface area contributed by atoms with Gasteiger partial charge in [-0.3, -0.25) is 28.2 Å². The Balaban J connectivity index is 1.64. The normalized spacial score (nSPS) is 16.0. The van der Waals surface area contributed by atoms with Crippen LogP contribution in [0.15, 0.2) is 15.9 Å². The van der Waals surface area contributed by atoms with E-state index in [0.717, 1.165) is 10.1 Å². The Morgan fingerprint density at radius 3 is 2.69 bits per heavy atom. The number of carbonyl (C=O) groups excluding carboxylic acids is 2. The van der Waals surface area contributed by atoms with Gasteiger partial charge < -0.3 is 15.2 Å². The summed E-state index contributed by atoms with van der Waals surface area (Å²) in [6, 6.07) is 0. The van der Waals surface area contributed by atoms with E-state index < -0.39 is 17.2 Å². The van der Waals surface area contributed by atoms with Crippen LogP contribution in [0.3, 0.4) is 0 Å². The van der Waals surface area contributed by atoms with E-state index in [1.165, 1.54) is 34.2 Å². The number of anilines is 2. The molecule has 0 fully saturated rings. The van der Waals surface area contributed by atoms with Crippen LogP contribution >= 0.6 is 0 Å². The van der Waals surface area contributed by atoms with Crippen molar-refractivity contribution < 1.29 is 9.59 Å². The lowest BCUT2D eigenvalue weighted by molar-refractivity contribution is -0.119. The van der Waals surface area contributed by atoms with E-state index in [4.69, 9.17) is 0 Å². The Morgan fingerprint density at radius 1 is 1.24 bits per heavy atom. The first-order valence-electron chi connectivity index (χ1n) is 8.96. The van der Waals surface area contributed by atoms with Crippen molar-refractivity contribution in [3.63, 3.8) is 0 Å². The van der Waals surface area contributed by atoms with Gasteiger partial charge in [0.2, 0.25) is 11.8 Å². The van der Waals surface area contributed by atoms with E-state index in [1.807, 2.05) is 0 Å². The maximum absolute atomic E-state index is 12.6. The summed E-state index contributed by atoms with van der Waals surface area (Å²) in [6.07, 6.45) is 1.81. The molecule has 2 amide bonds. The minimum atomic E-state index is -0.528. The highest BCUT2D eigenvalue weighted by Crippen LogP contribution is 2.30. The van der Waals surface area contributed by atoms with Crippen molar-refractivity contribution in [1.82, 2.24) is 28.5 Å². The van der Waals surface area contributed by atoms with Gasteiger partial charge in [-0.2, -0.15) is 5.10 Å². The molecule has 4 rings (SSSR count). The second-order valence-corrected chi connectivity index (χ2v) is 7.19. The molecule has 3 aromatic heterocycles. The maximum atomic E-state index is 12.6. The van der Waals surface area contributed by atoms with Crippen LogP contribution in [0, 0.1) is 5.92 Å². The zero-order valence-electron chi connectivity index (χ0n) is 16.4. The summed E-state index contributed by atoms with van der Waals surface area (Å²) in [7, 11) is 4.56. The maximum Gasteiger partial charge on any atom is 0.332 e. The Bertz CT molecular complexity index is 1290. The van der Waals surface area contributed by atoms with Crippen molar-refractivity contribution in [2.24, 2.45) is 27.1 Å². The Hall–Kier alpha value is -3.70. The van der Waals surface area contributed by atoms with Crippen LogP contribution in [0.1, 0.15) is 12.5 Å². The van der Waals surface area contributed by atoms with Crippen molar-refractivity contribution in [2.75, 3.05) is 10.6 Å². The fraction of sp³-hybridized carbons (Fsp3) is 0.412. The summed E-state index contributed by atoms with van der Waals surface area (Å²) >= 11 is 0. The Morgan fingerprint density at radius 2 is 1.97 bits per heavy atom. The molecule has 0 saturated carbocycles. The zero-order chi connectivity index (χ0) is 21.0. The highest BCUT2D eigenvalue weighted by molar-refractivity contribution is 5.98. The third-order valence-corrected chi connectivity index (χ3v) is 5.13. The lowest BCUT2D eigenvalue weighted by Gasteiger charge is -2.19. The molecule has 1 aliphatic heterocycles. The van der Waals surface area contributed by atoms with Crippen molar-refractivity contribution in [3.05, 3.63) is 32.7 Å². The van der Waals surface area contributed by atoms with E-state index in [-0.39, 0.29) is 29.5 Å². The fourth-order valence-corrected chi connectivity index (χ4v) is 3.50. The summed E-state index contributed by atoms with van der Waals surface area (Å²) < 4.78 is 5.13. The number of aromatic nitrogens is 6. The van der Waals surface area contributed by atoms with Gasteiger partial charge in [0.25, 0.3) is 5.56 Å². The minimum Gasteiger partial charge on any atom is -0.315 e. The largest absolute Gasteiger partial charge is 0.332 e. The molecule has 1 unspecified atom stereocenters. The summed E-state index contributed by atoms with van der Waals surface area (Å²) in [4.78, 5) is 53.1. The van der Waals surface area contributed by atoms with Crippen molar-refractivity contribution in [3.8, 4) is 0 Å². The molecule has 0 aliphatic carbocycles. The van der Waals surface area contributed by atoms with Crippen LogP contribution in [0.2, 0.25) is 0 Å². The van der Waals surface area contributed by atoms with Crippen LogP contribution in [-0.2, 0) is 43.7 Å². The predicted octanol–water partition coefficient (Wildman–Crippen LogP) is -1.06. The van der Waals surface area contributed by atoms with E-state index in [1.54, 1.807) is 14.0 Å². The van der Waals surface area contributed by atoms with Gasteiger partial charge in [-0.1, -0.05) is 6.92 Å². The number of nitrogens with zero attached hydrogens (tertiary/aromatic N) is 6. The molecule has 12 nitrogen and oxygen atoms in total. The average molecular weight is 400 g/mol. The zero-order valence-corrected chi connectivity index (χ0v) is 16.4. The monoisotopic (exact) mass is 400 g/mol. The molecular weight excluding hydrogens is 380 g/mol. The third-order valence-electron chi connectivity index (χ3n) is 5.13. The summed E-state index contributed by atoms with van der Waals surface area (Å²) in [5, 5.41) is 9.81. The van der Waals surface area contributed by atoms with Gasteiger partial charge in [-0.05, 0) is 6.42 Å². The standard InChI is InChI=1S/C17H20N8O4/c1-8-5-9-12(21-24(4)13(9)20-15(8)27)19-10(26)6-25-7-18-14-11(25)16(28)23(3)17(29)22(14)2/h7-8H,5-6H2,1-4H3,(H,20,27)(H,19,21,26). The van der Waals surface area contributed by atoms with Gasteiger partial charge >= 0.3 is 5.69 Å². The van der Waals surface area contributed by atoms with Gasteiger partial charge in [-0.15, -0.1) is 0 Å². The molecule has 3 aromatic rings. The molecule has 2 N–H and O–H groups in total. The molecule has 4 heterocycles. The van der Waals surface area contributed by atoms with Crippen LogP contribution in [0.4, 0.5) is 11.6 Å². The van der Waals surface area contributed by atoms with E-state index >= 15 is 0 Å². The first-order chi connectivity index (χ1) is 13.7. The van der Waals surface area contributed by atoms with Gasteiger partial charge in [0.15, 0.2) is 17.0 Å². The fourth-order valence-electron chi connectivity index (χ4n) is 3.50. The van der Waals surface area contributed by atoms with Crippen LogP contribution < -0.4 is 21.9 Å². The average Bonchev–Trinajstić information content (AvgIpc) is 3.21. The van der Waals surface area contributed by atoms with E-state index in [0.29, 0.717) is 18.1 Å². The first kappa shape index (κ1) is 18.7. The second kappa shape index (κ2) is 6.43. The molecule has 0 saturated heterocycles. The third kappa shape index (κ3) is 2.83. The second-order valence-electron chi connectivity index (χ2n) is 7.19. The predicted molar refractivity (Wildman–Crippen MR) is 104 cm³/mol. The van der Waals surface area contributed by atoms with E-state index in [9.17, 15) is 19.2 Å². The van der Waals surface area contributed by atoms with E-state index in [2.05, 4.69) is 20.7 Å². The SMILES string of the molecule is CC1Cc2c(NC(=O)Cn3cnc4c3c(=O)n(C)c(=O)n4C)nn(C)c2NC1=O. The molecule has 0 aromatic carbocycles. The first-order valence-corrected chi connectivity index (χ1v) is 8.96. The summed E-state index contributed by atoms with van der Waals surface area (Å²) in [6.45, 7) is 1.62.